The molecule has 0 radical (unpaired) electrons. The van der Waals surface area contributed by atoms with Crippen LogP contribution in [0, 0.1) is 22.5 Å². The number of fused-ring (bicyclic) bond motifs is 6. The summed E-state index contributed by atoms with van der Waals surface area (Å²) in [6.45, 7) is 4.87. The first kappa shape index (κ1) is 40.8. The fourth-order valence-corrected chi connectivity index (χ4v) is 13.5. The van der Waals surface area contributed by atoms with Crippen molar-refractivity contribution in [2.75, 3.05) is 59.5 Å². The molecule has 10 atom stereocenters. The minimum Gasteiger partial charge on any atom is -0.633 e. The average molecular weight is 833 g/mol. The van der Waals surface area contributed by atoms with Crippen molar-refractivity contribution in [3.63, 3.8) is 0 Å². The molecule has 1 aromatic heterocycles. The number of hydroxylamine groups is 3. The summed E-state index contributed by atoms with van der Waals surface area (Å²) < 4.78 is 53.4. The van der Waals surface area contributed by atoms with Crippen molar-refractivity contribution in [3.8, 4) is 5.75 Å². The van der Waals surface area contributed by atoms with E-state index in [1.807, 2.05) is 60.4 Å². The van der Waals surface area contributed by atoms with E-state index < -0.39 is 80.3 Å². The summed E-state index contributed by atoms with van der Waals surface area (Å²) in [5, 5.41) is 28.8. The minimum atomic E-state index is -3.14. The van der Waals surface area contributed by atoms with Gasteiger partial charge in [-0.05, 0) is 56.8 Å². The van der Waals surface area contributed by atoms with Crippen molar-refractivity contribution in [1.82, 2.24) is 9.88 Å². The van der Waals surface area contributed by atoms with Crippen LogP contribution in [-0.2, 0) is 46.0 Å². The molecule has 15 heteroatoms. The Morgan fingerprint density at radius 3 is 2.47 bits per heavy atom. The van der Waals surface area contributed by atoms with Gasteiger partial charge in [0.2, 0.25) is 5.60 Å². The summed E-state index contributed by atoms with van der Waals surface area (Å²) in [5.41, 5.74) is -2.69. The smallest absolute Gasteiger partial charge is 0.344 e. The minimum absolute atomic E-state index is 0.0220. The number of hydrogen-bond donors (Lipinski definition) is 2. The monoisotopic (exact) mass is 832 g/mol. The number of nitrogens with one attached hydrogen (secondary N) is 1. The van der Waals surface area contributed by atoms with Crippen molar-refractivity contribution in [2.24, 2.45) is 17.3 Å². The number of para-hydroxylation sites is 1. The molecule has 6 aliphatic rings. The summed E-state index contributed by atoms with van der Waals surface area (Å²) >= 11 is 0. The number of hydrogen-bond acceptors (Lipinski definition) is 11. The highest BCUT2D eigenvalue weighted by molar-refractivity contribution is 5.95. The lowest BCUT2D eigenvalue weighted by atomic mass is 9.47. The number of rotatable bonds is 7. The molecule has 2 N–H and O–H groups in total. The van der Waals surface area contributed by atoms with E-state index in [0.717, 1.165) is 12.5 Å². The van der Waals surface area contributed by atoms with Gasteiger partial charge in [-0.2, -0.15) is 0 Å². The van der Waals surface area contributed by atoms with Crippen LogP contribution in [0.25, 0.3) is 10.9 Å². The van der Waals surface area contributed by atoms with Gasteiger partial charge in [0.25, 0.3) is 5.92 Å². The molecule has 2 aromatic carbocycles. The van der Waals surface area contributed by atoms with E-state index in [2.05, 4.69) is 9.88 Å². The molecule has 1 spiro atoms. The number of alkyl halides is 2. The number of quaternary nitrogens is 1. The number of halogens is 2. The second-order valence-corrected chi connectivity index (χ2v) is 18.4. The quantitative estimate of drug-likeness (QED) is 0.108. The number of benzene rings is 2. The van der Waals surface area contributed by atoms with E-state index in [4.69, 9.17) is 18.9 Å². The highest BCUT2D eigenvalue weighted by atomic mass is 19.3. The Kier molecular flexibility index (Phi) is 9.16. The third kappa shape index (κ3) is 5.18. The number of H-pyrrole nitrogens is 1. The van der Waals surface area contributed by atoms with Crippen LogP contribution < -0.4 is 9.64 Å². The number of piperidine rings is 1. The second-order valence-electron chi connectivity index (χ2n) is 18.4. The fraction of sp³-hybridized carbons (Fsp3) is 0.578. The van der Waals surface area contributed by atoms with Gasteiger partial charge < -0.3 is 43.8 Å². The molecule has 0 amide bonds. The molecule has 322 valence electrons. The summed E-state index contributed by atoms with van der Waals surface area (Å²) in [6, 6.07) is 9.77. The molecule has 2 bridgehead atoms. The Morgan fingerprint density at radius 2 is 1.80 bits per heavy atom. The first-order chi connectivity index (χ1) is 28.4. The van der Waals surface area contributed by atoms with Crippen LogP contribution in [0.15, 0.2) is 48.6 Å². The number of aliphatic hydroxyl groups is 1. The number of esters is 3. The lowest BCUT2D eigenvalue weighted by Crippen LogP contribution is -2.81. The number of carbonyl (C=O) groups excluding carboxylic acids is 3. The topological polar surface area (TPSA) is 154 Å². The number of anilines is 1. The number of ether oxygens (including phenoxy) is 4. The van der Waals surface area contributed by atoms with Crippen molar-refractivity contribution < 1.29 is 51.9 Å². The molecule has 13 nitrogen and oxygen atoms in total. The lowest BCUT2D eigenvalue weighted by molar-refractivity contribution is -0.907. The zero-order chi connectivity index (χ0) is 42.9. The van der Waals surface area contributed by atoms with Crippen LogP contribution in [0.2, 0.25) is 0 Å². The summed E-state index contributed by atoms with van der Waals surface area (Å²) in [7, 11) is 5.79. The standard InChI is InChI=1S/C45H54F2N4O9/c1-8-42-14-11-16-50-17-15-43(36(42)50)30-19-31(34(57-5)20-33(30)49(4)37(43)45(55,40(54)59-7)38(42)60-25(2)52)44(39(53)58-6)21-26-18-27(41(3,46)47)23-51(56,22-26)24-29-28-12-9-10-13-32(28)48-35(29)44/h9-14,19-20,26-27,36-38,48,55H,8,15-18,21-24H2,1-7H3/t26-,27-,36+,37-,38-,42-,43-,44+,45+,51-/m1/s1. The Bertz CT molecular complexity index is 2330. The number of carbonyl (C=O) groups is 3. The molecular formula is C45H54F2N4O9. The fourth-order valence-electron chi connectivity index (χ4n) is 13.5. The highest BCUT2D eigenvalue weighted by Crippen LogP contribution is 2.68. The summed E-state index contributed by atoms with van der Waals surface area (Å²) in [6.07, 6.45) is 3.51. The van der Waals surface area contributed by atoms with Crippen molar-refractivity contribution in [1.29, 1.82) is 0 Å². The maximum absolute atomic E-state index is 15.4. The predicted molar refractivity (Wildman–Crippen MR) is 216 cm³/mol. The molecule has 9 rings (SSSR count). The number of methoxy groups -OCH3 is 3. The molecule has 3 fully saturated rings. The molecule has 5 aliphatic heterocycles. The first-order valence-electron chi connectivity index (χ1n) is 20.9. The molecule has 2 saturated heterocycles. The van der Waals surface area contributed by atoms with Gasteiger partial charge in [0.05, 0.1) is 46.4 Å². The van der Waals surface area contributed by atoms with Crippen LogP contribution in [0.5, 0.6) is 5.75 Å². The van der Waals surface area contributed by atoms with Crippen molar-refractivity contribution in [3.05, 3.63) is 76.1 Å². The van der Waals surface area contributed by atoms with Gasteiger partial charge in [-0.25, -0.2) is 13.6 Å². The van der Waals surface area contributed by atoms with Gasteiger partial charge in [-0.1, -0.05) is 37.3 Å². The molecule has 0 unspecified atom stereocenters. The Hall–Kier alpha value is -4.57. The zero-order valence-electron chi connectivity index (χ0n) is 35.2. The SMILES string of the molecule is CC[C@]12C=CCN3CC[C@@]4(c5cc([C@@]6(C(=O)OC)C[C@H]7C[C@@H](C(C)(F)F)C[N@@+]([O-])(Cc8c6[nH]c6ccccc86)C7)c(OC)cc5N(C)[C@H]4[C@@](O)(C(=O)OC)[C@@H]1OC(C)=O)[C@@H]32. The van der Waals surface area contributed by atoms with Crippen LogP contribution >= 0.6 is 0 Å². The Balaban J connectivity index is 1.36. The lowest BCUT2D eigenvalue weighted by Gasteiger charge is -2.63. The number of aromatic nitrogens is 1. The maximum Gasteiger partial charge on any atom is 0.344 e. The Morgan fingerprint density at radius 1 is 1.07 bits per heavy atom. The van der Waals surface area contributed by atoms with E-state index in [-0.39, 0.29) is 32.5 Å². The molecule has 3 aromatic rings. The number of nitrogens with zero attached hydrogens (tertiary/aromatic N) is 3. The first-order valence-corrected chi connectivity index (χ1v) is 20.9. The molecule has 1 aliphatic carbocycles. The Labute approximate surface area is 347 Å². The third-order valence-electron chi connectivity index (χ3n) is 15.5. The van der Waals surface area contributed by atoms with E-state index in [0.29, 0.717) is 65.1 Å². The number of aromatic amines is 1. The maximum atomic E-state index is 15.4. The van der Waals surface area contributed by atoms with Crippen LogP contribution in [-0.4, -0.2) is 122 Å². The van der Waals surface area contributed by atoms with E-state index in [1.54, 1.807) is 7.05 Å². The second kappa shape index (κ2) is 13.5. The molecule has 1 saturated carbocycles. The van der Waals surface area contributed by atoms with E-state index in [1.165, 1.54) is 28.3 Å². The third-order valence-corrected chi connectivity index (χ3v) is 15.5. The van der Waals surface area contributed by atoms with Gasteiger partial charge in [-0.15, -0.1) is 0 Å². The van der Waals surface area contributed by atoms with Crippen LogP contribution in [0.3, 0.4) is 0 Å². The zero-order valence-corrected chi connectivity index (χ0v) is 35.2. The average Bonchev–Trinajstić information content (AvgIpc) is 3.86. The van der Waals surface area contributed by atoms with Gasteiger partial charge in [-0.3, -0.25) is 14.5 Å². The van der Waals surface area contributed by atoms with Crippen molar-refractivity contribution >= 4 is 34.5 Å². The van der Waals surface area contributed by atoms with Crippen LogP contribution in [0.4, 0.5) is 14.5 Å². The predicted octanol–water partition coefficient (Wildman–Crippen LogP) is 5.09. The van der Waals surface area contributed by atoms with E-state index in [9.17, 15) is 19.9 Å². The normalized spacial score (nSPS) is 36.6. The highest BCUT2D eigenvalue weighted by Gasteiger charge is 2.80. The number of likely N-dealkylation sites (N-methyl/N-ethyl adjacent to an activating group) is 1. The summed E-state index contributed by atoms with van der Waals surface area (Å²) in [5.74, 6) is -6.94. The van der Waals surface area contributed by atoms with Gasteiger partial charge in [0, 0.05) is 82.8 Å². The van der Waals surface area contributed by atoms with Gasteiger partial charge in [0.15, 0.2) is 6.10 Å². The van der Waals surface area contributed by atoms with Crippen molar-refractivity contribution in [2.45, 2.75) is 93.5 Å². The molecular weight excluding hydrogens is 779 g/mol. The van der Waals surface area contributed by atoms with E-state index >= 15 is 13.6 Å². The van der Waals surface area contributed by atoms with Crippen LogP contribution in [0.1, 0.15) is 68.8 Å². The van der Waals surface area contributed by atoms with Gasteiger partial charge >= 0.3 is 17.9 Å². The molecule has 6 heterocycles. The molecule has 60 heavy (non-hydrogen) atoms. The van der Waals surface area contributed by atoms with Gasteiger partial charge in [0.1, 0.15) is 17.7 Å². The summed E-state index contributed by atoms with van der Waals surface area (Å²) in [4.78, 5) is 50.2. The largest absolute Gasteiger partial charge is 0.633 e.